The molecule has 0 N–H and O–H groups in total. The van der Waals surface area contributed by atoms with Crippen LogP contribution in [0.2, 0.25) is 90.7 Å². The minimum absolute atomic E-state index is 0.0422. The Morgan fingerprint density at radius 3 is 0.650 bits per heavy atom. The van der Waals surface area contributed by atoms with Crippen LogP contribution >= 0.6 is 0 Å². The first-order valence-electron chi connectivity index (χ1n) is 8.21. The fourth-order valence-electron chi connectivity index (χ4n) is 4.00. The molecule has 0 spiro atoms. The Kier molecular flexibility index (Phi) is 7.26. The molecular weight excluding hydrogens is 337 g/mol. The van der Waals surface area contributed by atoms with Crippen molar-refractivity contribution in [2.45, 2.75) is 90.7 Å². The normalized spacial score (nSPS) is 15.3. The second kappa shape index (κ2) is 6.82. The van der Waals surface area contributed by atoms with Gasteiger partial charge in [0.05, 0.1) is 0 Å². The molecule has 0 aliphatic rings. The fraction of sp³-hybridized carbons (Fsp3) is 1.00. The van der Waals surface area contributed by atoms with Crippen LogP contribution in [0.3, 0.4) is 0 Å². The van der Waals surface area contributed by atoms with Crippen molar-refractivity contribution in [3.8, 4) is 0 Å². The molecular formula is C14H40Si6-2. The maximum atomic E-state index is 2.66. The first-order valence-corrected chi connectivity index (χ1v) is 29.6. The molecule has 0 unspecified atom stereocenters. The molecule has 0 amide bonds. The quantitative estimate of drug-likeness (QED) is 0.504. The molecule has 0 aromatic carbocycles. The third-order valence-corrected chi connectivity index (χ3v) is 65.2. The van der Waals surface area contributed by atoms with Crippen molar-refractivity contribution in [2.24, 2.45) is 0 Å². The van der Waals surface area contributed by atoms with Crippen molar-refractivity contribution >= 4 is 46.0 Å². The monoisotopic (exact) mass is 376 g/mol. The van der Waals surface area contributed by atoms with Crippen molar-refractivity contribution in [2.75, 3.05) is 0 Å². The molecule has 0 atom stereocenters. The van der Waals surface area contributed by atoms with Gasteiger partial charge in [-0.1, -0.05) is 78.6 Å². The first-order chi connectivity index (χ1) is 8.47. The lowest BCUT2D eigenvalue weighted by atomic mass is 11.0. The minimum Gasteiger partial charge on any atom is -0.258 e. The van der Waals surface area contributed by atoms with Crippen LogP contribution in [0.25, 0.3) is 0 Å². The fourth-order valence-corrected chi connectivity index (χ4v) is 81.0. The second-order valence-electron chi connectivity index (χ2n) is 10.5. The van der Waals surface area contributed by atoms with Crippen LogP contribution in [-0.2, 0) is 0 Å². The summed E-state index contributed by atoms with van der Waals surface area (Å²) < 4.78 is 0. The van der Waals surface area contributed by atoms with E-state index in [2.05, 4.69) is 78.6 Å². The standard InChI is InChI=1S/C14H40Si6/c1-17(2,3)15(18(4,5)6)13-14-16(19(7,8)9)20(10,11)12/h13-14H2,1-12H3/q-2. The lowest BCUT2D eigenvalue weighted by molar-refractivity contribution is 1.40. The predicted octanol–water partition coefficient (Wildman–Crippen LogP) is 5.64. The molecule has 0 rings (SSSR count). The average Bonchev–Trinajstić information content (AvgIpc) is 2.02. The molecule has 0 heterocycles. The topological polar surface area (TPSA) is 0 Å². The predicted molar refractivity (Wildman–Crippen MR) is 115 cm³/mol. The minimum atomic E-state index is -0.896. The highest BCUT2D eigenvalue weighted by Gasteiger charge is 2.27. The zero-order chi connectivity index (χ0) is 16.6. The molecule has 0 aromatic heterocycles. The zero-order valence-electron chi connectivity index (χ0n) is 16.4. The summed E-state index contributed by atoms with van der Waals surface area (Å²) in [6, 6.07) is 3.36. The third kappa shape index (κ3) is 7.04. The van der Waals surface area contributed by atoms with Gasteiger partial charge >= 0.3 is 0 Å². The Morgan fingerprint density at radius 1 is 0.400 bits per heavy atom. The van der Waals surface area contributed by atoms with Gasteiger partial charge in [0, 0.05) is 0 Å². The summed E-state index contributed by atoms with van der Waals surface area (Å²) in [7, 11) is -3.67. The van der Waals surface area contributed by atoms with Gasteiger partial charge in [-0.15, -0.1) is 30.4 Å². The zero-order valence-corrected chi connectivity index (χ0v) is 22.4. The van der Waals surface area contributed by atoms with Gasteiger partial charge in [0.25, 0.3) is 0 Å². The molecule has 0 fully saturated rings. The Hall–Kier alpha value is 1.30. The van der Waals surface area contributed by atoms with Gasteiger partial charge in [0.2, 0.25) is 0 Å². The Labute approximate surface area is 136 Å². The summed E-state index contributed by atoms with van der Waals surface area (Å²) in [5, 5.41) is 0. The highest BCUT2D eigenvalue weighted by molar-refractivity contribution is 7.62. The van der Waals surface area contributed by atoms with Crippen molar-refractivity contribution in [3.05, 3.63) is 0 Å². The van der Waals surface area contributed by atoms with E-state index in [9.17, 15) is 0 Å². The molecule has 0 aliphatic heterocycles. The second-order valence-corrected chi connectivity index (χ2v) is 59.6. The van der Waals surface area contributed by atoms with Crippen LogP contribution in [0, 0.1) is 0 Å². The highest BCUT2D eigenvalue weighted by Crippen LogP contribution is 2.28. The van der Waals surface area contributed by atoms with E-state index >= 15 is 0 Å². The molecule has 0 aromatic rings. The summed E-state index contributed by atoms with van der Waals surface area (Å²) in [6.45, 7) is 31.9. The molecule has 6 heteroatoms. The maximum absolute atomic E-state index is 2.66. The highest BCUT2D eigenvalue weighted by atomic mass is 29.6. The largest absolute Gasteiger partial charge is 0.258 e. The van der Waals surface area contributed by atoms with Crippen LogP contribution in [0.5, 0.6) is 0 Å². The molecule has 0 nitrogen and oxygen atoms in total. The molecule has 122 valence electrons. The SMILES string of the molecule is C[Si](C)(C)[Si-](CC[Si-]([Si](C)(C)C)[Si](C)(C)C)[Si](C)(C)C. The van der Waals surface area contributed by atoms with E-state index in [-0.39, 0.29) is 15.7 Å². The van der Waals surface area contributed by atoms with E-state index in [1.54, 1.807) is 12.1 Å². The van der Waals surface area contributed by atoms with Crippen molar-refractivity contribution in [1.82, 2.24) is 0 Å². The van der Waals surface area contributed by atoms with Gasteiger partial charge in [-0.3, -0.25) is 15.7 Å². The van der Waals surface area contributed by atoms with E-state index in [0.29, 0.717) is 0 Å². The van der Waals surface area contributed by atoms with Crippen LogP contribution < -0.4 is 0 Å². The number of hydrogen-bond acceptors (Lipinski definition) is 0. The summed E-state index contributed by atoms with van der Waals surface area (Å²) in [5.74, 6) is 0. The van der Waals surface area contributed by atoms with Crippen molar-refractivity contribution in [1.29, 1.82) is 0 Å². The first kappa shape index (κ1) is 21.3. The van der Waals surface area contributed by atoms with Crippen LogP contribution in [0.4, 0.5) is 0 Å². The van der Waals surface area contributed by atoms with Gasteiger partial charge in [-0.25, -0.2) is 12.1 Å². The Balaban J connectivity index is 5.10. The van der Waals surface area contributed by atoms with Crippen LogP contribution in [0.1, 0.15) is 0 Å². The van der Waals surface area contributed by atoms with E-state index in [1.165, 1.54) is 0 Å². The summed E-state index contributed by atoms with van der Waals surface area (Å²) in [4.78, 5) is 0. The lowest BCUT2D eigenvalue weighted by Crippen LogP contribution is -2.62. The number of rotatable bonds is 7. The molecule has 0 aliphatic carbocycles. The average molecular weight is 377 g/mol. The smallest absolute Gasteiger partial charge is 0.0977 e. The molecule has 0 saturated heterocycles. The summed E-state index contributed by atoms with van der Waals surface area (Å²) in [5.41, 5.74) is 0. The third-order valence-electron chi connectivity index (χ3n) is 4.25. The van der Waals surface area contributed by atoms with E-state index in [1.807, 2.05) is 0 Å². The van der Waals surface area contributed by atoms with E-state index in [0.717, 1.165) is 0 Å². The van der Waals surface area contributed by atoms with Crippen molar-refractivity contribution in [3.63, 3.8) is 0 Å². The Bertz CT molecular complexity index is 240. The van der Waals surface area contributed by atoms with Crippen LogP contribution in [-0.4, -0.2) is 46.0 Å². The molecule has 20 heavy (non-hydrogen) atoms. The molecule has 0 radical (unpaired) electrons. The van der Waals surface area contributed by atoms with E-state index in [4.69, 9.17) is 0 Å². The molecule has 0 saturated carbocycles. The van der Waals surface area contributed by atoms with Crippen LogP contribution in [0.15, 0.2) is 0 Å². The van der Waals surface area contributed by atoms with Gasteiger partial charge < -0.3 is 0 Å². The number of hydrogen-bond donors (Lipinski definition) is 0. The van der Waals surface area contributed by atoms with Gasteiger partial charge in [-0.2, -0.15) is 0 Å². The maximum Gasteiger partial charge on any atom is -0.0977 e. The summed E-state index contributed by atoms with van der Waals surface area (Å²) in [6.07, 6.45) is 0. The summed E-state index contributed by atoms with van der Waals surface area (Å²) >= 11 is 0. The van der Waals surface area contributed by atoms with E-state index < -0.39 is 30.4 Å². The van der Waals surface area contributed by atoms with Crippen molar-refractivity contribution < 1.29 is 0 Å². The van der Waals surface area contributed by atoms with Gasteiger partial charge in [0.15, 0.2) is 0 Å². The lowest BCUT2D eigenvalue weighted by Gasteiger charge is -2.58. The Morgan fingerprint density at radius 2 is 0.550 bits per heavy atom. The van der Waals surface area contributed by atoms with Gasteiger partial charge in [0.1, 0.15) is 0 Å². The van der Waals surface area contributed by atoms with Gasteiger partial charge in [-0.05, 0) is 0 Å². The molecule has 0 bridgehead atoms.